The molecule has 0 bridgehead atoms. The van der Waals surface area contributed by atoms with Crippen molar-refractivity contribution in [3.8, 4) is 0 Å². The summed E-state index contributed by atoms with van der Waals surface area (Å²) in [6.45, 7) is 1.13. The highest BCUT2D eigenvalue weighted by Crippen LogP contribution is 2.31. The first kappa shape index (κ1) is 21.5. The molecule has 1 saturated carbocycles. The van der Waals surface area contributed by atoms with Crippen LogP contribution in [-0.4, -0.2) is 37.5 Å². The third kappa shape index (κ3) is 4.57. The Morgan fingerprint density at radius 3 is 2.64 bits per heavy atom. The molecule has 1 aliphatic carbocycles. The minimum absolute atomic E-state index is 0. The number of halogens is 2. The molecule has 0 radical (unpaired) electrons. The Morgan fingerprint density at radius 1 is 1.32 bits per heavy atom. The van der Waals surface area contributed by atoms with Crippen LogP contribution in [0.25, 0.3) is 0 Å². The normalized spacial score (nSPS) is 18.2. The molecule has 0 unspecified atom stereocenters. The van der Waals surface area contributed by atoms with E-state index in [0.29, 0.717) is 30.8 Å². The van der Waals surface area contributed by atoms with Crippen molar-refractivity contribution in [1.29, 1.82) is 0 Å². The number of amides is 2. The van der Waals surface area contributed by atoms with Crippen LogP contribution in [0.3, 0.4) is 0 Å². The van der Waals surface area contributed by atoms with Crippen LogP contribution in [0.1, 0.15) is 42.5 Å². The van der Waals surface area contributed by atoms with Crippen LogP contribution in [-0.2, 0) is 4.79 Å². The summed E-state index contributed by atoms with van der Waals surface area (Å²) < 4.78 is 0. The predicted octanol–water partition coefficient (Wildman–Crippen LogP) is 2.31. The molecule has 1 fully saturated rings. The number of carbonyl (C=O) groups excluding carboxylic acids is 2. The van der Waals surface area contributed by atoms with E-state index in [4.69, 9.17) is 5.73 Å². The Balaban J connectivity index is 0.00000156. The summed E-state index contributed by atoms with van der Waals surface area (Å²) in [5.41, 5.74) is 7.79. The van der Waals surface area contributed by atoms with E-state index < -0.39 is 0 Å². The molecule has 1 aromatic carbocycles. The van der Waals surface area contributed by atoms with Crippen molar-refractivity contribution in [2.24, 2.45) is 5.73 Å². The van der Waals surface area contributed by atoms with Gasteiger partial charge in [0, 0.05) is 32.1 Å². The van der Waals surface area contributed by atoms with Gasteiger partial charge in [-0.15, -0.1) is 24.8 Å². The van der Waals surface area contributed by atoms with Gasteiger partial charge in [0.25, 0.3) is 5.91 Å². The summed E-state index contributed by atoms with van der Waals surface area (Å²) >= 11 is 0. The lowest BCUT2D eigenvalue weighted by molar-refractivity contribution is -0.115. The number of anilines is 2. The number of benzene rings is 1. The maximum absolute atomic E-state index is 12.6. The lowest BCUT2D eigenvalue weighted by Gasteiger charge is -2.29. The molecule has 8 heteroatoms. The Bertz CT molecular complexity index is 633. The lowest BCUT2D eigenvalue weighted by Crippen LogP contribution is -2.51. The van der Waals surface area contributed by atoms with Crippen LogP contribution in [0.2, 0.25) is 0 Å². The number of hydrogen-bond acceptors (Lipinski definition) is 4. The van der Waals surface area contributed by atoms with Gasteiger partial charge in [-0.2, -0.15) is 0 Å². The third-order valence-electron chi connectivity index (χ3n) is 4.95. The van der Waals surface area contributed by atoms with E-state index in [1.807, 2.05) is 18.0 Å². The minimum Gasteiger partial charge on any atom is -0.372 e. The van der Waals surface area contributed by atoms with Crippen molar-refractivity contribution in [3.63, 3.8) is 0 Å². The average molecular weight is 389 g/mol. The minimum atomic E-state index is -0.274. The van der Waals surface area contributed by atoms with Gasteiger partial charge in [0.05, 0.1) is 16.9 Å². The smallest absolute Gasteiger partial charge is 0.251 e. The summed E-state index contributed by atoms with van der Waals surface area (Å²) in [5, 5.41) is 5.99. The van der Waals surface area contributed by atoms with Gasteiger partial charge in [-0.3, -0.25) is 9.59 Å². The summed E-state index contributed by atoms with van der Waals surface area (Å²) in [6, 6.07) is 5.45. The number of nitrogens with two attached hydrogens (primary N) is 1. The Kier molecular flexibility index (Phi) is 7.53. The van der Waals surface area contributed by atoms with E-state index in [2.05, 4.69) is 10.6 Å². The zero-order chi connectivity index (χ0) is 16.4. The molecule has 1 aromatic rings. The Labute approximate surface area is 160 Å². The quantitative estimate of drug-likeness (QED) is 0.741. The first-order valence-corrected chi connectivity index (χ1v) is 8.21. The number of nitrogens with one attached hydrogen (secondary N) is 2. The molecule has 4 N–H and O–H groups in total. The van der Waals surface area contributed by atoms with Crippen molar-refractivity contribution in [3.05, 3.63) is 23.8 Å². The summed E-state index contributed by atoms with van der Waals surface area (Å²) in [5.74, 6) is -0.149. The molecular weight excluding hydrogens is 363 g/mol. The van der Waals surface area contributed by atoms with Crippen LogP contribution in [0.4, 0.5) is 11.4 Å². The molecule has 3 rings (SSSR count). The second kappa shape index (κ2) is 8.74. The molecule has 2 amide bonds. The van der Waals surface area contributed by atoms with Crippen molar-refractivity contribution in [2.75, 3.05) is 30.4 Å². The maximum Gasteiger partial charge on any atom is 0.251 e. The molecule has 2 aliphatic rings. The van der Waals surface area contributed by atoms with E-state index in [0.717, 1.165) is 31.4 Å². The lowest BCUT2D eigenvalue weighted by atomic mass is 9.97. The molecular formula is C17H26Cl2N4O2. The molecule has 0 aromatic heterocycles. The van der Waals surface area contributed by atoms with Gasteiger partial charge >= 0.3 is 0 Å². The number of fused-ring (bicyclic) bond motifs is 1. The topological polar surface area (TPSA) is 87.5 Å². The van der Waals surface area contributed by atoms with E-state index in [1.165, 1.54) is 0 Å². The maximum atomic E-state index is 12.6. The number of rotatable bonds is 3. The van der Waals surface area contributed by atoms with Crippen LogP contribution < -0.4 is 21.3 Å². The summed E-state index contributed by atoms with van der Waals surface area (Å²) in [6.07, 6.45) is 4.51. The van der Waals surface area contributed by atoms with E-state index >= 15 is 0 Å². The molecule has 0 spiro atoms. The van der Waals surface area contributed by atoms with Crippen molar-refractivity contribution in [1.82, 2.24) is 5.32 Å². The van der Waals surface area contributed by atoms with Gasteiger partial charge in [0.2, 0.25) is 5.91 Å². The van der Waals surface area contributed by atoms with Gasteiger partial charge < -0.3 is 21.3 Å². The highest BCUT2D eigenvalue weighted by molar-refractivity contribution is 6.01. The number of hydrogen-bond donors (Lipinski definition) is 3. The second-order valence-corrected chi connectivity index (χ2v) is 6.60. The first-order valence-electron chi connectivity index (χ1n) is 8.21. The highest BCUT2D eigenvalue weighted by Gasteiger charge is 2.34. The Morgan fingerprint density at radius 2 is 2.00 bits per heavy atom. The second-order valence-electron chi connectivity index (χ2n) is 6.60. The SMILES string of the molecule is CN1CCC(=O)Nc2cc(C(=O)NC3(CN)CCCC3)ccc21.Cl.Cl. The summed E-state index contributed by atoms with van der Waals surface area (Å²) in [7, 11) is 1.95. The fourth-order valence-electron chi connectivity index (χ4n) is 3.46. The van der Waals surface area contributed by atoms with Gasteiger partial charge in [0.15, 0.2) is 0 Å². The molecule has 0 saturated heterocycles. The van der Waals surface area contributed by atoms with Crippen LogP contribution >= 0.6 is 24.8 Å². The number of carbonyl (C=O) groups is 2. The van der Waals surface area contributed by atoms with Crippen molar-refractivity contribution >= 4 is 48.0 Å². The predicted molar refractivity (Wildman–Crippen MR) is 105 cm³/mol. The standard InChI is InChI=1S/C17H24N4O2.2ClH/c1-21-9-6-15(22)19-13-10-12(4-5-14(13)21)16(23)20-17(11-18)7-2-3-8-17;;/h4-5,10H,2-3,6-9,11,18H2,1H3,(H,19,22)(H,20,23);2*1H. The van der Waals surface area contributed by atoms with Crippen LogP contribution in [0.5, 0.6) is 0 Å². The molecule has 1 heterocycles. The van der Waals surface area contributed by atoms with Crippen molar-refractivity contribution in [2.45, 2.75) is 37.6 Å². The number of nitrogens with zero attached hydrogens (tertiary/aromatic N) is 1. The fraction of sp³-hybridized carbons (Fsp3) is 0.529. The van der Waals surface area contributed by atoms with Gasteiger partial charge in [-0.25, -0.2) is 0 Å². The molecule has 0 atom stereocenters. The van der Waals surface area contributed by atoms with Gasteiger partial charge in [0.1, 0.15) is 0 Å². The Hall–Kier alpha value is -1.50. The molecule has 140 valence electrons. The zero-order valence-electron chi connectivity index (χ0n) is 14.3. The third-order valence-corrected chi connectivity index (χ3v) is 4.95. The van der Waals surface area contributed by atoms with Crippen molar-refractivity contribution < 1.29 is 9.59 Å². The molecule has 25 heavy (non-hydrogen) atoms. The van der Waals surface area contributed by atoms with E-state index in [-0.39, 0.29) is 42.2 Å². The fourth-order valence-corrected chi connectivity index (χ4v) is 3.46. The highest BCUT2D eigenvalue weighted by atomic mass is 35.5. The average Bonchev–Trinajstić information content (AvgIpc) is 2.96. The summed E-state index contributed by atoms with van der Waals surface area (Å²) in [4.78, 5) is 26.4. The molecule has 6 nitrogen and oxygen atoms in total. The zero-order valence-corrected chi connectivity index (χ0v) is 16.0. The van der Waals surface area contributed by atoms with Gasteiger partial charge in [-0.05, 0) is 31.0 Å². The van der Waals surface area contributed by atoms with Crippen LogP contribution in [0.15, 0.2) is 18.2 Å². The monoisotopic (exact) mass is 388 g/mol. The largest absolute Gasteiger partial charge is 0.372 e. The van der Waals surface area contributed by atoms with E-state index in [9.17, 15) is 9.59 Å². The van der Waals surface area contributed by atoms with Gasteiger partial charge in [-0.1, -0.05) is 12.8 Å². The van der Waals surface area contributed by atoms with Crippen LogP contribution in [0, 0.1) is 0 Å². The first-order chi connectivity index (χ1) is 11.0. The van der Waals surface area contributed by atoms with E-state index in [1.54, 1.807) is 12.1 Å². The molecule has 1 aliphatic heterocycles.